The highest BCUT2D eigenvalue weighted by molar-refractivity contribution is 5.86. The van der Waals surface area contributed by atoms with E-state index >= 15 is 0 Å². The van der Waals surface area contributed by atoms with Gasteiger partial charge in [-0.15, -0.1) is 0 Å². The molecule has 0 saturated carbocycles. The number of benzene rings is 3. The summed E-state index contributed by atoms with van der Waals surface area (Å²) in [7, 11) is 3.10. The van der Waals surface area contributed by atoms with Gasteiger partial charge in [-0.25, -0.2) is 4.79 Å². The molecular formula is C27H26O3. The molecule has 0 bridgehead atoms. The Bertz CT molecular complexity index is 1040. The highest BCUT2D eigenvalue weighted by Crippen LogP contribution is 2.46. The number of aryl methyl sites for hydroxylation is 1. The van der Waals surface area contributed by atoms with Crippen LogP contribution in [0.15, 0.2) is 78.9 Å². The van der Waals surface area contributed by atoms with Gasteiger partial charge in [0.05, 0.1) is 14.2 Å². The lowest BCUT2D eigenvalue weighted by atomic mass is 9.69. The Hall–Kier alpha value is -3.33. The highest BCUT2D eigenvalue weighted by Gasteiger charge is 2.32. The maximum Gasteiger partial charge on any atom is 0.330 e. The van der Waals surface area contributed by atoms with E-state index in [0.717, 1.165) is 24.2 Å². The molecule has 0 N–H and O–H groups in total. The maximum atomic E-state index is 11.4. The molecule has 0 fully saturated rings. The zero-order valence-electron chi connectivity index (χ0n) is 17.4. The molecule has 3 nitrogen and oxygen atoms in total. The summed E-state index contributed by atoms with van der Waals surface area (Å²) in [6.07, 6.45) is 5.37. The molecule has 0 radical (unpaired) electrons. The SMILES string of the molecule is COC(=O)C=Cc1ccc(C2c3ccc(OC)cc3CCC2c2ccccc2)cc1. The van der Waals surface area contributed by atoms with Crippen molar-refractivity contribution in [2.24, 2.45) is 0 Å². The van der Waals surface area contributed by atoms with Gasteiger partial charge in [0.1, 0.15) is 5.75 Å². The second kappa shape index (κ2) is 9.00. The topological polar surface area (TPSA) is 35.5 Å². The van der Waals surface area contributed by atoms with E-state index in [4.69, 9.17) is 4.74 Å². The summed E-state index contributed by atoms with van der Waals surface area (Å²) >= 11 is 0. The third-order valence-electron chi connectivity index (χ3n) is 5.95. The van der Waals surface area contributed by atoms with Crippen molar-refractivity contribution < 1.29 is 14.3 Å². The number of fused-ring (bicyclic) bond motifs is 1. The van der Waals surface area contributed by atoms with Crippen molar-refractivity contribution in [2.75, 3.05) is 14.2 Å². The van der Waals surface area contributed by atoms with E-state index in [1.54, 1.807) is 13.2 Å². The summed E-state index contributed by atoms with van der Waals surface area (Å²) in [6, 6.07) is 25.7. The minimum absolute atomic E-state index is 0.278. The molecule has 3 aromatic rings. The average molecular weight is 399 g/mol. The number of carbonyl (C=O) groups is 1. The van der Waals surface area contributed by atoms with Crippen LogP contribution in [0.3, 0.4) is 0 Å². The Balaban J connectivity index is 1.73. The average Bonchev–Trinajstić information content (AvgIpc) is 2.82. The molecule has 3 heteroatoms. The molecule has 2 atom stereocenters. The lowest BCUT2D eigenvalue weighted by Gasteiger charge is -2.35. The van der Waals surface area contributed by atoms with Crippen LogP contribution in [-0.4, -0.2) is 20.2 Å². The standard InChI is InChI=1S/C27H26O3/c1-29-23-14-16-25-22(18-23)13-15-24(20-6-4-3-5-7-20)27(25)21-11-8-19(9-12-21)10-17-26(28)30-2/h3-12,14,16-18,24,27H,13,15H2,1-2H3. The molecule has 1 aliphatic rings. The summed E-state index contributed by atoms with van der Waals surface area (Å²) in [5.74, 6) is 1.26. The second-order valence-electron chi connectivity index (χ2n) is 7.62. The van der Waals surface area contributed by atoms with Gasteiger partial charge in [-0.3, -0.25) is 0 Å². The van der Waals surface area contributed by atoms with Gasteiger partial charge in [0.15, 0.2) is 0 Å². The molecule has 30 heavy (non-hydrogen) atoms. The minimum Gasteiger partial charge on any atom is -0.497 e. The van der Waals surface area contributed by atoms with E-state index in [0.29, 0.717) is 5.92 Å². The van der Waals surface area contributed by atoms with Gasteiger partial charge in [-0.1, -0.05) is 60.7 Å². The second-order valence-corrected chi connectivity index (χ2v) is 7.62. The van der Waals surface area contributed by atoms with Gasteiger partial charge >= 0.3 is 5.97 Å². The van der Waals surface area contributed by atoms with Crippen LogP contribution in [0.5, 0.6) is 5.75 Å². The molecule has 0 aromatic heterocycles. The molecule has 4 rings (SSSR count). The van der Waals surface area contributed by atoms with Crippen LogP contribution in [0.1, 0.15) is 46.1 Å². The number of rotatable bonds is 5. The number of ether oxygens (including phenoxy) is 2. The first kappa shape index (κ1) is 20.0. The Labute approximate surface area is 178 Å². The smallest absolute Gasteiger partial charge is 0.330 e. The third kappa shape index (κ3) is 4.16. The number of methoxy groups -OCH3 is 2. The lowest BCUT2D eigenvalue weighted by molar-refractivity contribution is -0.134. The van der Waals surface area contributed by atoms with Crippen molar-refractivity contribution in [3.05, 3.63) is 107 Å². The Morgan fingerprint density at radius 2 is 1.70 bits per heavy atom. The molecule has 0 amide bonds. The van der Waals surface area contributed by atoms with E-state index in [-0.39, 0.29) is 11.9 Å². The van der Waals surface area contributed by atoms with E-state index in [1.807, 2.05) is 0 Å². The van der Waals surface area contributed by atoms with E-state index in [9.17, 15) is 4.79 Å². The van der Waals surface area contributed by atoms with Gasteiger partial charge in [-0.2, -0.15) is 0 Å². The zero-order chi connectivity index (χ0) is 20.9. The minimum atomic E-state index is -0.349. The quantitative estimate of drug-likeness (QED) is 0.406. The number of carbonyl (C=O) groups excluding carboxylic acids is 1. The van der Waals surface area contributed by atoms with Crippen LogP contribution in [0.25, 0.3) is 6.08 Å². The normalized spacial score (nSPS) is 18.1. The molecule has 1 aliphatic carbocycles. The molecule has 2 unspecified atom stereocenters. The summed E-state index contributed by atoms with van der Waals surface area (Å²) in [5.41, 5.74) is 6.37. The van der Waals surface area contributed by atoms with Crippen molar-refractivity contribution in [1.82, 2.24) is 0 Å². The number of esters is 1. The van der Waals surface area contributed by atoms with E-state index in [2.05, 4.69) is 77.5 Å². The van der Waals surface area contributed by atoms with Crippen molar-refractivity contribution in [1.29, 1.82) is 0 Å². The fourth-order valence-electron chi connectivity index (χ4n) is 4.44. The lowest BCUT2D eigenvalue weighted by Crippen LogP contribution is -2.20. The first-order chi connectivity index (χ1) is 14.7. The van der Waals surface area contributed by atoms with Crippen molar-refractivity contribution in [3.8, 4) is 5.75 Å². The summed E-state index contributed by atoms with van der Waals surface area (Å²) < 4.78 is 10.1. The summed E-state index contributed by atoms with van der Waals surface area (Å²) in [4.78, 5) is 11.4. The van der Waals surface area contributed by atoms with Gasteiger partial charge in [0, 0.05) is 12.0 Å². The van der Waals surface area contributed by atoms with E-state index in [1.165, 1.54) is 35.4 Å². The van der Waals surface area contributed by atoms with Crippen molar-refractivity contribution >= 4 is 12.0 Å². The number of hydrogen-bond acceptors (Lipinski definition) is 3. The third-order valence-corrected chi connectivity index (χ3v) is 5.95. The number of hydrogen-bond donors (Lipinski definition) is 0. The van der Waals surface area contributed by atoms with Gasteiger partial charge < -0.3 is 9.47 Å². The van der Waals surface area contributed by atoms with Crippen LogP contribution in [-0.2, 0) is 16.0 Å². The van der Waals surface area contributed by atoms with Crippen LogP contribution in [0.4, 0.5) is 0 Å². The zero-order valence-corrected chi connectivity index (χ0v) is 17.4. The van der Waals surface area contributed by atoms with Crippen LogP contribution in [0.2, 0.25) is 0 Å². The summed E-state index contributed by atoms with van der Waals surface area (Å²) in [5, 5.41) is 0. The van der Waals surface area contributed by atoms with Gasteiger partial charge in [0.25, 0.3) is 0 Å². The summed E-state index contributed by atoms with van der Waals surface area (Å²) in [6.45, 7) is 0. The Morgan fingerprint density at radius 3 is 2.40 bits per heavy atom. The molecule has 0 heterocycles. The molecule has 152 valence electrons. The first-order valence-corrected chi connectivity index (χ1v) is 10.3. The molecule has 0 aliphatic heterocycles. The Morgan fingerprint density at radius 1 is 0.933 bits per heavy atom. The maximum absolute atomic E-state index is 11.4. The Kier molecular flexibility index (Phi) is 5.99. The predicted molar refractivity (Wildman–Crippen MR) is 120 cm³/mol. The van der Waals surface area contributed by atoms with Crippen LogP contribution in [0, 0.1) is 0 Å². The molecule has 0 saturated heterocycles. The fourth-order valence-corrected chi connectivity index (χ4v) is 4.44. The van der Waals surface area contributed by atoms with Crippen LogP contribution < -0.4 is 4.74 Å². The first-order valence-electron chi connectivity index (χ1n) is 10.3. The van der Waals surface area contributed by atoms with Gasteiger partial charge in [-0.05, 0) is 64.8 Å². The molecular weight excluding hydrogens is 372 g/mol. The van der Waals surface area contributed by atoms with Crippen LogP contribution >= 0.6 is 0 Å². The highest BCUT2D eigenvalue weighted by atomic mass is 16.5. The predicted octanol–water partition coefficient (Wildman–Crippen LogP) is 5.74. The van der Waals surface area contributed by atoms with Crippen molar-refractivity contribution in [2.45, 2.75) is 24.7 Å². The van der Waals surface area contributed by atoms with Gasteiger partial charge in [0.2, 0.25) is 0 Å². The van der Waals surface area contributed by atoms with Crippen molar-refractivity contribution in [3.63, 3.8) is 0 Å². The largest absolute Gasteiger partial charge is 0.497 e. The molecule has 3 aromatic carbocycles. The van der Waals surface area contributed by atoms with E-state index < -0.39 is 0 Å². The fraction of sp³-hybridized carbons (Fsp3) is 0.222. The molecule has 0 spiro atoms. The monoisotopic (exact) mass is 398 g/mol.